The molecule has 0 radical (unpaired) electrons. The van der Waals surface area contributed by atoms with E-state index in [-0.39, 0.29) is 19.1 Å². The van der Waals surface area contributed by atoms with Crippen LogP contribution in [-0.4, -0.2) is 25.0 Å². The molecule has 0 aromatic heterocycles. The minimum atomic E-state index is -0.588. The molecule has 2 rings (SSSR count). The lowest BCUT2D eigenvalue weighted by Gasteiger charge is -2.09. The lowest BCUT2D eigenvalue weighted by Crippen LogP contribution is -2.30. The van der Waals surface area contributed by atoms with E-state index in [1.807, 2.05) is 6.92 Å². The Hall–Kier alpha value is -2.24. The summed E-state index contributed by atoms with van der Waals surface area (Å²) in [5, 5.41) is 3.33. The third-order valence-electron chi connectivity index (χ3n) is 3.26. The van der Waals surface area contributed by atoms with Crippen LogP contribution in [0.1, 0.15) is 22.8 Å². The smallest absolute Gasteiger partial charge is 0.325 e. The van der Waals surface area contributed by atoms with E-state index in [0.717, 1.165) is 0 Å². The van der Waals surface area contributed by atoms with Crippen molar-refractivity contribution >= 4 is 35.1 Å². The van der Waals surface area contributed by atoms with E-state index in [1.54, 1.807) is 42.5 Å². The largest absolute Gasteiger partial charge is 0.494 e. The number of rotatable bonds is 7. The first-order chi connectivity index (χ1) is 12.0. The fourth-order valence-electron chi connectivity index (χ4n) is 2.00. The summed E-state index contributed by atoms with van der Waals surface area (Å²) in [6, 6.07) is 11.6. The quantitative estimate of drug-likeness (QED) is 0.739. The Bertz CT molecular complexity index is 727. The molecule has 0 saturated carbocycles. The van der Waals surface area contributed by atoms with Gasteiger partial charge in [-0.05, 0) is 43.3 Å². The van der Waals surface area contributed by atoms with Crippen molar-refractivity contribution in [2.45, 2.75) is 13.5 Å². The molecule has 0 atom stereocenters. The Morgan fingerprint density at radius 2 is 1.68 bits per heavy atom. The van der Waals surface area contributed by atoms with E-state index in [1.165, 1.54) is 0 Å². The van der Waals surface area contributed by atoms with Gasteiger partial charge in [0.05, 0.1) is 6.61 Å². The summed E-state index contributed by atoms with van der Waals surface area (Å²) in [5.74, 6) is -0.291. The maximum atomic E-state index is 12.0. The highest BCUT2D eigenvalue weighted by Gasteiger charge is 2.11. The molecule has 0 aliphatic rings. The number of hydrogen-bond donors (Lipinski definition) is 1. The van der Waals surface area contributed by atoms with Gasteiger partial charge in [0.2, 0.25) is 0 Å². The normalized spacial score (nSPS) is 10.2. The van der Waals surface area contributed by atoms with Gasteiger partial charge in [0.1, 0.15) is 18.9 Å². The molecule has 0 spiro atoms. The number of carbonyl (C=O) groups excluding carboxylic acids is 2. The van der Waals surface area contributed by atoms with Crippen molar-refractivity contribution in [2.24, 2.45) is 0 Å². The lowest BCUT2D eigenvalue weighted by atomic mass is 10.2. The fraction of sp³-hybridized carbons (Fsp3) is 0.222. The van der Waals surface area contributed by atoms with Gasteiger partial charge in [0.15, 0.2) is 0 Å². The van der Waals surface area contributed by atoms with Gasteiger partial charge >= 0.3 is 5.97 Å². The zero-order chi connectivity index (χ0) is 18.2. The van der Waals surface area contributed by atoms with E-state index in [4.69, 9.17) is 32.7 Å². The molecule has 25 heavy (non-hydrogen) atoms. The molecule has 0 aliphatic carbocycles. The number of halogens is 2. The van der Waals surface area contributed by atoms with Gasteiger partial charge in [0, 0.05) is 21.2 Å². The van der Waals surface area contributed by atoms with E-state index in [0.29, 0.717) is 33.5 Å². The molecule has 0 saturated heterocycles. The number of amides is 1. The monoisotopic (exact) mass is 381 g/mol. The van der Waals surface area contributed by atoms with E-state index < -0.39 is 5.97 Å². The van der Waals surface area contributed by atoms with Crippen molar-refractivity contribution in [3.05, 3.63) is 63.6 Å². The first-order valence-corrected chi connectivity index (χ1v) is 8.36. The van der Waals surface area contributed by atoms with Crippen molar-refractivity contribution in [2.75, 3.05) is 13.2 Å². The molecular weight excluding hydrogens is 365 g/mol. The van der Waals surface area contributed by atoms with Crippen LogP contribution in [0.4, 0.5) is 0 Å². The SMILES string of the molecule is CCOc1ccc(C(=O)NCC(=O)OCc2c(Cl)cccc2Cl)cc1. The lowest BCUT2D eigenvalue weighted by molar-refractivity contribution is -0.143. The van der Waals surface area contributed by atoms with Crippen molar-refractivity contribution in [1.82, 2.24) is 5.32 Å². The topological polar surface area (TPSA) is 64.6 Å². The highest BCUT2D eigenvalue weighted by atomic mass is 35.5. The highest BCUT2D eigenvalue weighted by molar-refractivity contribution is 6.35. The van der Waals surface area contributed by atoms with Gasteiger partial charge in [-0.1, -0.05) is 29.3 Å². The molecule has 0 fully saturated rings. The van der Waals surface area contributed by atoms with Gasteiger partial charge in [-0.2, -0.15) is 0 Å². The summed E-state index contributed by atoms with van der Waals surface area (Å²) in [5.41, 5.74) is 0.947. The summed E-state index contributed by atoms with van der Waals surface area (Å²) >= 11 is 12.0. The van der Waals surface area contributed by atoms with Crippen molar-refractivity contribution in [3.8, 4) is 5.75 Å². The van der Waals surface area contributed by atoms with Crippen molar-refractivity contribution < 1.29 is 19.1 Å². The zero-order valence-electron chi connectivity index (χ0n) is 13.6. The number of ether oxygens (including phenoxy) is 2. The molecule has 0 heterocycles. The van der Waals surface area contributed by atoms with Crippen LogP contribution in [0.3, 0.4) is 0 Å². The molecule has 0 unspecified atom stereocenters. The minimum Gasteiger partial charge on any atom is -0.494 e. The van der Waals surface area contributed by atoms with Crippen LogP contribution in [0.25, 0.3) is 0 Å². The molecule has 0 aliphatic heterocycles. The summed E-state index contributed by atoms with van der Waals surface area (Å²) in [6.45, 7) is 2.11. The van der Waals surface area contributed by atoms with Crippen LogP contribution in [-0.2, 0) is 16.1 Å². The number of carbonyl (C=O) groups is 2. The number of esters is 1. The van der Waals surface area contributed by atoms with Crippen LogP contribution in [0.2, 0.25) is 10.0 Å². The average molecular weight is 382 g/mol. The summed E-state index contributed by atoms with van der Waals surface area (Å²) < 4.78 is 10.4. The van der Waals surface area contributed by atoms with Gasteiger partial charge in [-0.3, -0.25) is 9.59 Å². The highest BCUT2D eigenvalue weighted by Crippen LogP contribution is 2.24. The van der Waals surface area contributed by atoms with E-state index in [2.05, 4.69) is 5.32 Å². The molecular formula is C18H17Cl2NO4. The molecule has 1 N–H and O–H groups in total. The maximum Gasteiger partial charge on any atom is 0.325 e. The van der Waals surface area contributed by atoms with Crippen LogP contribution >= 0.6 is 23.2 Å². The summed E-state index contributed by atoms with van der Waals surface area (Å²) in [4.78, 5) is 23.8. The van der Waals surface area contributed by atoms with Gasteiger partial charge in [0.25, 0.3) is 5.91 Å². The fourth-order valence-corrected chi connectivity index (χ4v) is 2.50. The van der Waals surface area contributed by atoms with E-state index >= 15 is 0 Å². The minimum absolute atomic E-state index is 0.0593. The number of benzene rings is 2. The first kappa shape index (κ1) is 19.1. The Morgan fingerprint density at radius 3 is 2.28 bits per heavy atom. The molecule has 2 aromatic carbocycles. The second-order valence-electron chi connectivity index (χ2n) is 5.00. The molecule has 5 nitrogen and oxygen atoms in total. The van der Waals surface area contributed by atoms with Gasteiger partial charge in [-0.25, -0.2) is 0 Å². The van der Waals surface area contributed by atoms with Gasteiger partial charge < -0.3 is 14.8 Å². The summed E-state index contributed by atoms with van der Waals surface area (Å²) in [7, 11) is 0. The summed E-state index contributed by atoms with van der Waals surface area (Å²) in [6.07, 6.45) is 0. The van der Waals surface area contributed by atoms with Crippen LogP contribution in [0.15, 0.2) is 42.5 Å². The van der Waals surface area contributed by atoms with Crippen molar-refractivity contribution in [1.29, 1.82) is 0 Å². The number of hydrogen-bond acceptors (Lipinski definition) is 4. The Labute approximate surface area is 155 Å². The second kappa shape index (κ2) is 9.30. The van der Waals surface area contributed by atoms with Crippen molar-refractivity contribution in [3.63, 3.8) is 0 Å². The molecule has 0 bridgehead atoms. The van der Waals surface area contributed by atoms with Crippen LogP contribution < -0.4 is 10.1 Å². The Kier molecular flexibility index (Phi) is 7.10. The molecule has 132 valence electrons. The number of nitrogens with one attached hydrogen (secondary N) is 1. The standard InChI is InChI=1S/C18H17Cl2NO4/c1-2-24-13-8-6-12(7-9-13)18(23)21-10-17(22)25-11-14-15(19)4-3-5-16(14)20/h3-9H,2,10-11H2,1H3,(H,21,23). The molecule has 2 aromatic rings. The molecule has 7 heteroatoms. The molecule has 1 amide bonds. The van der Waals surface area contributed by atoms with Gasteiger partial charge in [-0.15, -0.1) is 0 Å². The Balaban J connectivity index is 1.82. The maximum absolute atomic E-state index is 12.0. The first-order valence-electron chi connectivity index (χ1n) is 7.60. The Morgan fingerprint density at radius 1 is 1.04 bits per heavy atom. The predicted molar refractivity (Wildman–Crippen MR) is 96.2 cm³/mol. The van der Waals surface area contributed by atoms with Crippen LogP contribution in [0, 0.1) is 0 Å². The third-order valence-corrected chi connectivity index (χ3v) is 3.97. The zero-order valence-corrected chi connectivity index (χ0v) is 15.1. The van der Waals surface area contributed by atoms with Crippen LogP contribution in [0.5, 0.6) is 5.75 Å². The van der Waals surface area contributed by atoms with E-state index in [9.17, 15) is 9.59 Å². The predicted octanol–water partition coefficient (Wildman–Crippen LogP) is 3.87. The third kappa shape index (κ3) is 5.66. The average Bonchev–Trinajstić information content (AvgIpc) is 2.60. The second-order valence-corrected chi connectivity index (χ2v) is 5.82.